The summed E-state index contributed by atoms with van der Waals surface area (Å²) < 4.78 is 13.3. The molecule has 11 aromatic rings. The molecule has 0 bridgehead atoms. The number of rotatable bonds is 4. The van der Waals surface area contributed by atoms with Crippen LogP contribution in [0.4, 0.5) is 17.1 Å². The summed E-state index contributed by atoms with van der Waals surface area (Å²) in [6.07, 6.45) is 0. The first-order valence-electron chi connectivity index (χ1n) is 17.3. The molecule has 0 aliphatic rings. The minimum atomic E-state index is 0.839. The Morgan fingerprint density at radius 1 is 0.314 bits per heavy atom. The maximum absolute atomic E-state index is 6.92. The summed E-state index contributed by atoms with van der Waals surface area (Å²) in [6, 6.07) is 62.5. The molecule has 0 saturated carbocycles. The van der Waals surface area contributed by atoms with Gasteiger partial charge < -0.3 is 13.7 Å². The Labute approximate surface area is 293 Å². The molecular weight excluding hydrogens is 623 g/mol. The highest BCUT2D eigenvalue weighted by Gasteiger charge is 2.23. The van der Waals surface area contributed by atoms with Gasteiger partial charge in [0.2, 0.25) is 0 Å². The summed E-state index contributed by atoms with van der Waals surface area (Å²) in [5.74, 6) is 0. The topological polar surface area (TPSA) is 29.5 Å². The third-order valence-corrected chi connectivity index (χ3v) is 10.4. The second kappa shape index (κ2) is 10.8. The molecule has 0 spiro atoms. The van der Waals surface area contributed by atoms with E-state index in [1.165, 1.54) is 32.3 Å². The van der Waals surface area contributed by atoms with Gasteiger partial charge in [0.1, 0.15) is 22.3 Å². The Kier molecular flexibility index (Phi) is 5.96. The molecule has 0 atom stereocenters. The van der Waals surface area contributed by atoms with E-state index in [1.807, 2.05) is 18.2 Å². The molecular formula is C48H29NO2. The van der Waals surface area contributed by atoms with E-state index in [2.05, 4.69) is 163 Å². The van der Waals surface area contributed by atoms with E-state index in [4.69, 9.17) is 8.83 Å². The summed E-state index contributed by atoms with van der Waals surface area (Å²) in [6.45, 7) is 0. The quantitative estimate of drug-likeness (QED) is 0.177. The molecule has 51 heavy (non-hydrogen) atoms. The fourth-order valence-corrected chi connectivity index (χ4v) is 8.19. The number of furan rings is 2. The Morgan fingerprint density at radius 3 is 1.47 bits per heavy atom. The maximum Gasteiger partial charge on any atom is 0.143 e. The van der Waals surface area contributed by atoms with E-state index < -0.39 is 0 Å². The van der Waals surface area contributed by atoms with Crippen LogP contribution in [0.2, 0.25) is 0 Å². The van der Waals surface area contributed by atoms with Crippen LogP contribution in [0.3, 0.4) is 0 Å². The second-order valence-corrected chi connectivity index (χ2v) is 13.2. The van der Waals surface area contributed by atoms with Crippen LogP contribution in [0, 0.1) is 0 Å². The average molecular weight is 652 g/mol. The summed E-state index contributed by atoms with van der Waals surface area (Å²) in [4.78, 5) is 2.33. The predicted octanol–water partition coefficient (Wildman–Crippen LogP) is 14.1. The van der Waals surface area contributed by atoms with Crippen LogP contribution in [0.15, 0.2) is 185 Å². The number of anilines is 3. The van der Waals surface area contributed by atoms with E-state index in [9.17, 15) is 0 Å². The van der Waals surface area contributed by atoms with Crippen molar-refractivity contribution in [2.45, 2.75) is 0 Å². The molecule has 2 aromatic heterocycles. The van der Waals surface area contributed by atoms with Crippen molar-refractivity contribution in [3.05, 3.63) is 176 Å². The maximum atomic E-state index is 6.92. The number of hydrogen-bond donors (Lipinski definition) is 0. The average Bonchev–Trinajstić information content (AvgIpc) is 3.77. The molecule has 3 nitrogen and oxygen atoms in total. The van der Waals surface area contributed by atoms with Crippen LogP contribution < -0.4 is 4.90 Å². The van der Waals surface area contributed by atoms with Crippen molar-refractivity contribution in [3.8, 4) is 11.1 Å². The van der Waals surface area contributed by atoms with E-state index in [1.54, 1.807) is 0 Å². The minimum absolute atomic E-state index is 0.839. The van der Waals surface area contributed by atoms with Gasteiger partial charge in [-0.25, -0.2) is 0 Å². The van der Waals surface area contributed by atoms with Gasteiger partial charge in [-0.1, -0.05) is 115 Å². The van der Waals surface area contributed by atoms with Gasteiger partial charge in [-0.05, 0) is 98.5 Å². The van der Waals surface area contributed by atoms with Gasteiger partial charge in [0.15, 0.2) is 0 Å². The number of benzene rings is 9. The van der Waals surface area contributed by atoms with Crippen LogP contribution in [-0.4, -0.2) is 0 Å². The molecule has 238 valence electrons. The molecule has 0 amide bonds. The van der Waals surface area contributed by atoms with Crippen molar-refractivity contribution in [3.63, 3.8) is 0 Å². The van der Waals surface area contributed by atoms with E-state index >= 15 is 0 Å². The Hall–Kier alpha value is -6.84. The van der Waals surface area contributed by atoms with Gasteiger partial charge in [-0.15, -0.1) is 0 Å². The molecule has 11 rings (SSSR count). The molecule has 0 aliphatic carbocycles. The molecule has 0 radical (unpaired) electrons. The van der Waals surface area contributed by atoms with E-state index in [0.29, 0.717) is 0 Å². The highest BCUT2D eigenvalue weighted by Crippen LogP contribution is 2.47. The lowest BCUT2D eigenvalue weighted by molar-refractivity contribution is 0.663. The SMILES string of the molecule is c1ccc(N(c2ccccc2)c2cc(-c3ccc4c5ccccc5c5ccccc5c4c3)c3oc4ccc5oc6ccccc6c5c4c3c2)cc1. The molecule has 0 N–H and O–H groups in total. The van der Waals surface area contributed by atoms with Gasteiger partial charge >= 0.3 is 0 Å². The first-order valence-corrected chi connectivity index (χ1v) is 17.3. The molecule has 0 fully saturated rings. The minimum Gasteiger partial charge on any atom is -0.456 e. The number of nitrogens with zero attached hydrogens (tertiary/aromatic N) is 1. The molecule has 3 heteroatoms. The fraction of sp³-hybridized carbons (Fsp3) is 0. The lowest BCUT2D eigenvalue weighted by Crippen LogP contribution is -2.09. The normalized spacial score (nSPS) is 11.9. The lowest BCUT2D eigenvalue weighted by atomic mass is 9.91. The number of hydrogen-bond acceptors (Lipinski definition) is 3. The highest BCUT2D eigenvalue weighted by molar-refractivity contribution is 6.28. The van der Waals surface area contributed by atoms with Gasteiger partial charge in [0, 0.05) is 44.2 Å². The first-order chi connectivity index (χ1) is 25.3. The van der Waals surface area contributed by atoms with Crippen molar-refractivity contribution < 1.29 is 8.83 Å². The molecule has 0 unspecified atom stereocenters. The van der Waals surface area contributed by atoms with Crippen LogP contribution in [0.5, 0.6) is 0 Å². The third-order valence-electron chi connectivity index (χ3n) is 10.4. The third kappa shape index (κ3) is 4.19. The zero-order valence-corrected chi connectivity index (χ0v) is 27.5. The fourth-order valence-electron chi connectivity index (χ4n) is 8.19. The highest BCUT2D eigenvalue weighted by atomic mass is 16.3. The van der Waals surface area contributed by atoms with Gasteiger partial charge in [-0.2, -0.15) is 0 Å². The van der Waals surface area contributed by atoms with Crippen molar-refractivity contribution >= 4 is 93.3 Å². The van der Waals surface area contributed by atoms with Crippen molar-refractivity contribution in [2.75, 3.05) is 4.90 Å². The Bertz CT molecular complexity index is 3060. The second-order valence-electron chi connectivity index (χ2n) is 13.2. The van der Waals surface area contributed by atoms with Crippen molar-refractivity contribution in [1.82, 2.24) is 0 Å². The molecule has 0 aliphatic heterocycles. The summed E-state index contributed by atoms with van der Waals surface area (Å²) >= 11 is 0. The molecule has 2 heterocycles. The largest absolute Gasteiger partial charge is 0.456 e. The zero-order valence-electron chi connectivity index (χ0n) is 27.5. The summed E-state index contributed by atoms with van der Waals surface area (Å²) in [5, 5.41) is 11.8. The monoisotopic (exact) mass is 651 g/mol. The number of para-hydroxylation sites is 3. The van der Waals surface area contributed by atoms with E-state index in [0.717, 1.165) is 72.1 Å². The van der Waals surface area contributed by atoms with Gasteiger partial charge in [-0.3, -0.25) is 0 Å². The smallest absolute Gasteiger partial charge is 0.143 e. The van der Waals surface area contributed by atoms with Gasteiger partial charge in [0.25, 0.3) is 0 Å². The van der Waals surface area contributed by atoms with E-state index in [-0.39, 0.29) is 0 Å². The predicted molar refractivity (Wildman–Crippen MR) is 214 cm³/mol. The number of fused-ring (bicyclic) bond motifs is 13. The molecule has 9 aromatic carbocycles. The molecule has 0 saturated heterocycles. The van der Waals surface area contributed by atoms with Crippen molar-refractivity contribution in [2.24, 2.45) is 0 Å². The zero-order chi connectivity index (χ0) is 33.5. The van der Waals surface area contributed by atoms with Gasteiger partial charge in [0.05, 0.1) is 0 Å². The standard InChI is InChI=1S/C48H29NO2/c1-3-13-31(14-4-1)49(32-15-5-2-6-16-32)33-28-40(30-23-24-38-36-19-8-7-17-34(36)35-18-9-10-20-37(35)41(38)27-30)48-42(29-33)47-45(51-48)26-25-44-46(47)39-21-11-12-22-43(39)50-44/h1-29H. The van der Waals surface area contributed by atoms with Crippen molar-refractivity contribution in [1.29, 1.82) is 0 Å². The summed E-state index contributed by atoms with van der Waals surface area (Å²) in [7, 11) is 0. The van der Waals surface area contributed by atoms with Crippen LogP contribution >= 0.6 is 0 Å². The van der Waals surface area contributed by atoms with Crippen LogP contribution in [0.1, 0.15) is 0 Å². The summed E-state index contributed by atoms with van der Waals surface area (Å²) in [5.41, 5.74) is 8.76. The lowest BCUT2D eigenvalue weighted by Gasteiger charge is -2.26. The Morgan fingerprint density at radius 2 is 0.824 bits per heavy atom. The van der Waals surface area contributed by atoms with Crippen LogP contribution in [0.25, 0.3) is 87.3 Å². The first kappa shape index (κ1) is 28.0. The Balaban J connectivity index is 1.28. The van der Waals surface area contributed by atoms with Crippen LogP contribution in [-0.2, 0) is 0 Å².